The minimum absolute atomic E-state index is 0.0291. The van der Waals surface area contributed by atoms with Crippen LogP contribution in [0.1, 0.15) is 53.4 Å². The summed E-state index contributed by atoms with van der Waals surface area (Å²) >= 11 is 0. The number of rotatable bonds is 4. The number of amides is 2. The van der Waals surface area contributed by atoms with Gasteiger partial charge in [-0.15, -0.1) is 0 Å². The van der Waals surface area contributed by atoms with Crippen molar-refractivity contribution in [2.75, 3.05) is 13.2 Å². The van der Waals surface area contributed by atoms with Gasteiger partial charge in [0.25, 0.3) is 0 Å². The molecule has 1 N–H and O–H groups in total. The first-order valence-electron chi connectivity index (χ1n) is 8.07. The van der Waals surface area contributed by atoms with E-state index in [-0.39, 0.29) is 29.4 Å². The van der Waals surface area contributed by atoms with Crippen LogP contribution in [0.25, 0.3) is 0 Å². The smallest absolute Gasteiger partial charge is 0.245 e. The van der Waals surface area contributed by atoms with Crippen molar-refractivity contribution in [3.63, 3.8) is 0 Å². The average Bonchev–Trinajstić information content (AvgIpc) is 2.86. The zero-order valence-corrected chi connectivity index (χ0v) is 13.6. The normalized spacial score (nSPS) is 30.7. The molecule has 2 heterocycles. The monoisotopic (exact) mass is 296 g/mol. The van der Waals surface area contributed by atoms with Gasteiger partial charge in [-0.1, -0.05) is 34.1 Å². The van der Waals surface area contributed by atoms with Crippen LogP contribution >= 0.6 is 0 Å². The van der Waals surface area contributed by atoms with Crippen LogP contribution in [0.3, 0.4) is 0 Å². The SMILES string of the molecule is CCCC1NC(=O)C(C(C)(C)C)N(CC2CCCO2)C1=O. The third-order valence-electron chi connectivity index (χ3n) is 4.28. The Balaban J connectivity index is 2.21. The van der Waals surface area contributed by atoms with Gasteiger partial charge in [0.15, 0.2) is 0 Å². The predicted molar refractivity (Wildman–Crippen MR) is 80.8 cm³/mol. The summed E-state index contributed by atoms with van der Waals surface area (Å²) in [6.07, 6.45) is 3.67. The highest BCUT2D eigenvalue weighted by atomic mass is 16.5. The van der Waals surface area contributed by atoms with E-state index in [4.69, 9.17) is 4.74 Å². The van der Waals surface area contributed by atoms with Crippen molar-refractivity contribution < 1.29 is 14.3 Å². The maximum atomic E-state index is 12.8. The summed E-state index contributed by atoms with van der Waals surface area (Å²) in [5.74, 6) is 0.0189. The first-order chi connectivity index (χ1) is 9.84. The molecule has 2 amide bonds. The maximum Gasteiger partial charge on any atom is 0.245 e. The topological polar surface area (TPSA) is 58.6 Å². The second-order valence-corrected chi connectivity index (χ2v) is 7.24. The molecule has 0 spiro atoms. The van der Waals surface area contributed by atoms with Gasteiger partial charge in [0.2, 0.25) is 11.8 Å². The molecule has 5 heteroatoms. The van der Waals surface area contributed by atoms with Crippen molar-refractivity contribution in [2.24, 2.45) is 5.41 Å². The summed E-state index contributed by atoms with van der Waals surface area (Å²) in [6.45, 7) is 9.35. The Bertz CT molecular complexity index is 397. The van der Waals surface area contributed by atoms with Gasteiger partial charge in [0.05, 0.1) is 6.10 Å². The summed E-state index contributed by atoms with van der Waals surface area (Å²) < 4.78 is 5.67. The highest BCUT2D eigenvalue weighted by molar-refractivity contribution is 5.97. The Morgan fingerprint density at radius 1 is 1.33 bits per heavy atom. The summed E-state index contributed by atoms with van der Waals surface area (Å²) in [4.78, 5) is 27.0. The molecular weight excluding hydrogens is 268 g/mol. The van der Waals surface area contributed by atoms with E-state index in [1.54, 1.807) is 4.90 Å². The van der Waals surface area contributed by atoms with Crippen molar-refractivity contribution >= 4 is 11.8 Å². The summed E-state index contributed by atoms with van der Waals surface area (Å²) in [5.41, 5.74) is -0.282. The summed E-state index contributed by atoms with van der Waals surface area (Å²) in [5, 5.41) is 2.91. The number of hydrogen-bond acceptors (Lipinski definition) is 3. The van der Waals surface area contributed by atoms with Gasteiger partial charge in [-0.2, -0.15) is 0 Å². The number of nitrogens with one attached hydrogen (secondary N) is 1. The average molecular weight is 296 g/mol. The van der Waals surface area contributed by atoms with Gasteiger partial charge in [0, 0.05) is 13.2 Å². The lowest BCUT2D eigenvalue weighted by Gasteiger charge is -2.45. The molecule has 0 bridgehead atoms. The fourth-order valence-electron chi connectivity index (χ4n) is 3.33. The van der Waals surface area contributed by atoms with E-state index < -0.39 is 6.04 Å². The molecule has 0 radical (unpaired) electrons. The zero-order chi connectivity index (χ0) is 15.6. The molecule has 2 rings (SSSR count). The van der Waals surface area contributed by atoms with Crippen molar-refractivity contribution in [3.05, 3.63) is 0 Å². The molecule has 3 unspecified atom stereocenters. The second-order valence-electron chi connectivity index (χ2n) is 7.24. The van der Waals surface area contributed by atoms with Gasteiger partial charge in [-0.3, -0.25) is 9.59 Å². The highest BCUT2D eigenvalue weighted by Gasteiger charge is 2.46. The van der Waals surface area contributed by atoms with Gasteiger partial charge in [-0.05, 0) is 24.7 Å². The lowest BCUT2D eigenvalue weighted by atomic mass is 9.82. The fraction of sp³-hybridized carbons (Fsp3) is 0.875. The molecule has 0 aromatic heterocycles. The molecule has 2 aliphatic rings. The number of carbonyl (C=O) groups is 2. The number of carbonyl (C=O) groups excluding carboxylic acids is 2. The molecule has 21 heavy (non-hydrogen) atoms. The lowest BCUT2D eigenvalue weighted by Crippen LogP contribution is -2.67. The van der Waals surface area contributed by atoms with Crippen LogP contribution in [-0.4, -0.2) is 48.1 Å². The van der Waals surface area contributed by atoms with Crippen LogP contribution in [0.5, 0.6) is 0 Å². The zero-order valence-electron chi connectivity index (χ0n) is 13.6. The number of hydrogen-bond donors (Lipinski definition) is 1. The van der Waals surface area contributed by atoms with E-state index in [2.05, 4.69) is 5.32 Å². The fourth-order valence-corrected chi connectivity index (χ4v) is 3.33. The number of nitrogens with zero attached hydrogens (tertiary/aromatic N) is 1. The largest absolute Gasteiger partial charge is 0.376 e. The van der Waals surface area contributed by atoms with Gasteiger partial charge in [0.1, 0.15) is 12.1 Å². The van der Waals surface area contributed by atoms with Crippen molar-refractivity contribution in [1.29, 1.82) is 0 Å². The van der Waals surface area contributed by atoms with E-state index in [1.807, 2.05) is 27.7 Å². The van der Waals surface area contributed by atoms with Gasteiger partial charge < -0.3 is 15.0 Å². The van der Waals surface area contributed by atoms with E-state index in [9.17, 15) is 9.59 Å². The minimum Gasteiger partial charge on any atom is -0.376 e. The molecule has 0 aliphatic carbocycles. The van der Waals surface area contributed by atoms with Crippen molar-refractivity contribution in [3.8, 4) is 0 Å². The lowest BCUT2D eigenvalue weighted by molar-refractivity contribution is -0.155. The molecule has 0 aromatic carbocycles. The Labute approximate surface area is 127 Å². The van der Waals surface area contributed by atoms with Crippen LogP contribution in [0.2, 0.25) is 0 Å². The Hall–Kier alpha value is -1.10. The minimum atomic E-state index is -0.415. The molecule has 3 atom stereocenters. The standard InChI is InChI=1S/C16H28N2O3/c1-5-7-12-15(20)18(10-11-8-6-9-21-11)13(14(19)17-12)16(2,3)4/h11-13H,5-10H2,1-4H3,(H,17,19). The van der Waals surface area contributed by atoms with Gasteiger partial charge >= 0.3 is 0 Å². The van der Waals surface area contributed by atoms with E-state index >= 15 is 0 Å². The third-order valence-corrected chi connectivity index (χ3v) is 4.28. The molecular formula is C16H28N2O3. The molecule has 2 fully saturated rings. The third kappa shape index (κ3) is 3.57. The van der Waals surface area contributed by atoms with Gasteiger partial charge in [-0.25, -0.2) is 0 Å². The van der Waals surface area contributed by atoms with Crippen LogP contribution in [0.15, 0.2) is 0 Å². The van der Waals surface area contributed by atoms with E-state index in [0.717, 1.165) is 25.9 Å². The van der Waals surface area contributed by atoms with Crippen LogP contribution < -0.4 is 5.32 Å². The molecule has 120 valence electrons. The van der Waals surface area contributed by atoms with Crippen molar-refractivity contribution in [1.82, 2.24) is 10.2 Å². The summed E-state index contributed by atoms with van der Waals surface area (Å²) in [6, 6.07) is -0.787. The van der Waals surface area contributed by atoms with E-state index in [0.29, 0.717) is 13.0 Å². The number of piperazine rings is 1. The summed E-state index contributed by atoms with van der Waals surface area (Å²) in [7, 11) is 0. The first-order valence-corrected chi connectivity index (χ1v) is 8.07. The predicted octanol–water partition coefficient (Wildman–Crippen LogP) is 1.71. The molecule has 0 saturated carbocycles. The highest BCUT2D eigenvalue weighted by Crippen LogP contribution is 2.30. The Morgan fingerprint density at radius 3 is 2.57 bits per heavy atom. The van der Waals surface area contributed by atoms with E-state index in [1.165, 1.54) is 0 Å². The van der Waals surface area contributed by atoms with Crippen LogP contribution in [0, 0.1) is 5.41 Å². The molecule has 5 nitrogen and oxygen atoms in total. The maximum absolute atomic E-state index is 12.8. The quantitative estimate of drug-likeness (QED) is 0.859. The first kappa shape index (κ1) is 16.3. The van der Waals surface area contributed by atoms with Crippen molar-refractivity contribution in [2.45, 2.75) is 71.6 Å². The molecule has 2 aliphatic heterocycles. The van der Waals surface area contributed by atoms with Crippen LogP contribution in [-0.2, 0) is 14.3 Å². The van der Waals surface area contributed by atoms with Crippen LogP contribution in [0.4, 0.5) is 0 Å². The molecule has 2 saturated heterocycles. The Kier molecular flexibility index (Phi) is 4.91. The molecule has 0 aromatic rings. The number of ether oxygens (including phenoxy) is 1. The second kappa shape index (κ2) is 6.34. The Morgan fingerprint density at radius 2 is 2.05 bits per heavy atom.